The van der Waals surface area contributed by atoms with Crippen molar-refractivity contribution in [2.45, 2.75) is 19.1 Å². The van der Waals surface area contributed by atoms with Crippen molar-refractivity contribution in [2.24, 2.45) is 0 Å². The van der Waals surface area contributed by atoms with Crippen LogP contribution in [-0.2, 0) is 19.1 Å². The molecule has 1 nitrogen and oxygen atoms in total. The van der Waals surface area contributed by atoms with Crippen LogP contribution in [0.25, 0.3) is 0 Å². The molecule has 3 rings (SSSR count). The SMILES string of the molecule is FC(F)(F)c1ccc(C#CCN2CCc3ccccc3C2)cc1. The van der Waals surface area contributed by atoms with Crippen molar-refractivity contribution in [3.63, 3.8) is 0 Å². The monoisotopic (exact) mass is 315 g/mol. The van der Waals surface area contributed by atoms with Crippen LogP contribution in [-0.4, -0.2) is 18.0 Å². The van der Waals surface area contributed by atoms with Crippen LogP contribution in [0.5, 0.6) is 0 Å². The highest BCUT2D eigenvalue weighted by atomic mass is 19.4. The molecule has 0 aliphatic carbocycles. The van der Waals surface area contributed by atoms with Crippen LogP contribution in [0.15, 0.2) is 48.5 Å². The molecule has 0 radical (unpaired) electrons. The number of benzene rings is 2. The second-order valence-corrected chi connectivity index (χ2v) is 5.61. The molecule has 2 aromatic rings. The summed E-state index contributed by atoms with van der Waals surface area (Å²) in [6.45, 7) is 2.45. The van der Waals surface area contributed by atoms with Crippen LogP contribution in [0.2, 0.25) is 0 Å². The van der Waals surface area contributed by atoms with E-state index in [-0.39, 0.29) is 0 Å². The number of rotatable bonds is 1. The average Bonchev–Trinajstić information content (AvgIpc) is 2.54. The van der Waals surface area contributed by atoms with E-state index >= 15 is 0 Å². The van der Waals surface area contributed by atoms with Crippen LogP contribution in [0.3, 0.4) is 0 Å². The Kier molecular flexibility index (Phi) is 4.40. The van der Waals surface area contributed by atoms with Gasteiger partial charge in [0.2, 0.25) is 0 Å². The standard InChI is InChI=1S/C19H16F3N/c20-19(21,22)18-9-7-15(8-10-18)4-3-12-23-13-11-16-5-1-2-6-17(16)14-23/h1-2,5-10H,11-14H2. The summed E-state index contributed by atoms with van der Waals surface area (Å²) in [5.41, 5.74) is 2.68. The van der Waals surface area contributed by atoms with Crippen LogP contribution < -0.4 is 0 Å². The van der Waals surface area contributed by atoms with Crippen LogP contribution in [0, 0.1) is 11.8 Å². The topological polar surface area (TPSA) is 3.24 Å². The molecule has 1 heterocycles. The predicted molar refractivity (Wildman–Crippen MR) is 83.7 cm³/mol. The van der Waals surface area contributed by atoms with E-state index < -0.39 is 11.7 Å². The molecule has 0 fully saturated rings. The zero-order chi connectivity index (χ0) is 16.3. The van der Waals surface area contributed by atoms with E-state index in [1.54, 1.807) is 0 Å². The fraction of sp³-hybridized carbons (Fsp3) is 0.263. The van der Waals surface area contributed by atoms with Gasteiger partial charge in [-0.1, -0.05) is 36.1 Å². The zero-order valence-electron chi connectivity index (χ0n) is 12.5. The molecule has 0 bridgehead atoms. The van der Waals surface area contributed by atoms with Gasteiger partial charge in [-0.15, -0.1) is 0 Å². The van der Waals surface area contributed by atoms with Crippen molar-refractivity contribution in [1.29, 1.82) is 0 Å². The third-order valence-corrected chi connectivity index (χ3v) is 3.96. The Morgan fingerprint density at radius 2 is 1.65 bits per heavy atom. The number of fused-ring (bicyclic) bond motifs is 1. The van der Waals surface area contributed by atoms with Crippen molar-refractivity contribution < 1.29 is 13.2 Å². The molecule has 118 valence electrons. The average molecular weight is 315 g/mol. The molecule has 0 spiro atoms. The maximum Gasteiger partial charge on any atom is 0.416 e. The molecule has 2 aromatic carbocycles. The number of nitrogens with zero attached hydrogens (tertiary/aromatic N) is 1. The van der Waals surface area contributed by atoms with Crippen LogP contribution >= 0.6 is 0 Å². The maximum absolute atomic E-state index is 12.5. The van der Waals surface area contributed by atoms with Gasteiger partial charge in [0.25, 0.3) is 0 Å². The number of halogens is 3. The normalized spacial score (nSPS) is 14.7. The van der Waals surface area contributed by atoms with E-state index in [0.717, 1.165) is 31.6 Å². The molecule has 0 saturated carbocycles. The molecule has 0 amide bonds. The Morgan fingerprint density at radius 3 is 2.35 bits per heavy atom. The van der Waals surface area contributed by atoms with Crippen molar-refractivity contribution in [1.82, 2.24) is 4.90 Å². The molecule has 0 saturated heterocycles. The lowest BCUT2D eigenvalue weighted by Gasteiger charge is -2.26. The van der Waals surface area contributed by atoms with E-state index in [0.29, 0.717) is 12.1 Å². The van der Waals surface area contributed by atoms with Gasteiger partial charge in [0.05, 0.1) is 12.1 Å². The summed E-state index contributed by atoms with van der Waals surface area (Å²) in [6.07, 6.45) is -3.29. The number of hydrogen-bond donors (Lipinski definition) is 0. The molecule has 1 aliphatic heterocycles. The fourth-order valence-corrected chi connectivity index (χ4v) is 2.69. The largest absolute Gasteiger partial charge is 0.416 e. The van der Waals surface area contributed by atoms with Gasteiger partial charge < -0.3 is 0 Å². The van der Waals surface area contributed by atoms with Crippen molar-refractivity contribution >= 4 is 0 Å². The molecule has 0 aromatic heterocycles. The Hall–Kier alpha value is -2.25. The number of hydrogen-bond acceptors (Lipinski definition) is 1. The second-order valence-electron chi connectivity index (χ2n) is 5.61. The summed E-state index contributed by atoms with van der Waals surface area (Å²) in [5.74, 6) is 5.99. The Morgan fingerprint density at radius 1 is 0.957 bits per heavy atom. The highest BCUT2D eigenvalue weighted by Gasteiger charge is 2.29. The minimum Gasteiger partial charge on any atom is -0.288 e. The van der Waals surface area contributed by atoms with Gasteiger partial charge in [0.15, 0.2) is 0 Å². The van der Waals surface area contributed by atoms with Gasteiger partial charge in [-0.25, -0.2) is 0 Å². The third kappa shape index (κ3) is 3.94. The van der Waals surface area contributed by atoms with Crippen LogP contribution in [0.4, 0.5) is 13.2 Å². The molecule has 23 heavy (non-hydrogen) atoms. The Labute approximate surface area is 133 Å². The molecule has 1 aliphatic rings. The third-order valence-electron chi connectivity index (χ3n) is 3.96. The van der Waals surface area contributed by atoms with Crippen molar-refractivity contribution in [3.8, 4) is 11.8 Å². The lowest BCUT2D eigenvalue weighted by Crippen LogP contribution is -2.30. The van der Waals surface area contributed by atoms with Gasteiger partial charge in [-0.2, -0.15) is 13.2 Å². The summed E-state index contributed by atoms with van der Waals surface area (Å²) in [4.78, 5) is 2.25. The second kappa shape index (κ2) is 6.47. The minimum atomic E-state index is -4.30. The van der Waals surface area contributed by atoms with E-state index in [9.17, 15) is 13.2 Å². The van der Waals surface area contributed by atoms with Gasteiger partial charge >= 0.3 is 6.18 Å². The summed E-state index contributed by atoms with van der Waals surface area (Å²) >= 11 is 0. The molecule has 4 heteroatoms. The van der Waals surface area contributed by atoms with Gasteiger partial charge in [0.1, 0.15) is 0 Å². The summed E-state index contributed by atoms with van der Waals surface area (Å²) in [5, 5.41) is 0. The molecule has 0 unspecified atom stereocenters. The minimum absolute atomic E-state index is 0.607. The van der Waals surface area contributed by atoms with Gasteiger partial charge in [-0.05, 0) is 41.8 Å². The first-order valence-corrected chi connectivity index (χ1v) is 7.48. The van der Waals surface area contributed by atoms with Crippen molar-refractivity contribution in [3.05, 3.63) is 70.8 Å². The molecular formula is C19H16F3N. The summed E-state index contributed by atoms with van der Waals surface area (Å²) < 4.78 is 37.5. The van der Waals surface area contributed by atoms with Crippen molar-refractivity contribution in [2.75, 3.05) is 13.1 Å². The maximum atomic E-state index is 12.5. The predicted octanol–water partition coefficient (Wildman–Crippen LogP) is 4.12. The lowest BCUT2D eigenvalue weighted by molar-refractivity contribution is -0.137. The first kappa shape index (κ1) is 15.6. The summed E-state index contributed by atoms with van der Waals surface area (Å²) in [6, 6.07) is 13.4. The number of alkyl halides is 3. The first-order valence-electron chi connectivity index (χ1n) is 7.48. The van der Waals surface area contributed by atoms with Gasteiger partial charge in [0, 0.05) is 18.7 Å². The Balaban J connectivity index is 1.61. The quantitative estimate of drug-likeness (QED) is 0.716. The molecular weight excluding hydrogens is 299 g/mol. The zero-order valence-corrected chi connectivity index (χ0v) is 12.5. The molecule has 0 N–H and O–H groups in total. The first-order chi connectivity index (χ1) is 11.0. The van der Waals surface area contributed by atoms with Gasteiger partial charge in [-0.3, -0.25) is 4.90 Å². The smallest absolute Gasteiger partial charge is 0.288 e. The highest BCUT2D eigenvalue weighted by Crippen LogP contribution is 2.28. The lowest BCUT2D eigenvalue weighted by atomic mass is 10.00. The Bertz CT molecular complexity index is 736. The highest BCUT2D eigenvalue weighted by molar-refractivity contribution is 5.37. The van der Waals surface area contributed by atoms with Crippen LogP contribution in [0.1, 0.15) is 22.3 Å². The molecule has 0 atom stereocenters. The van der Waals surface area contributed by atoms with E-state index in [1.807, 2.05) is 6.07 Å². The fourth-order valence-electron chi connectivity index (χ4n) is 2.69. The van der Waals surface area contributed by atoms with E-state index in [1.165, 1.54) is 23.3 Å². The van der Waals surface area contributed by atoms with E-state index in [2.05, 4.69) is 34.9 Å². The van der Waals surface area contributed by atoms with E-state index in [4.69, 9.17) is 0 Å². The summed E-state index contributed by atoms with van der Waals surface area (Å²) in [7, 11) is 0.